The summed E-state index contributed by atoms with van der Waals surface area (Å²) in [5.41, 5.74) is 2.58. The zero-order chi connectivity index (χ0) is 17.5. The van der Waals surface area contributed by atoms with Gasteiger partial charge in [-0.15, -0.1) is 0 Å². The fourth-order valence-corrected chi connectivity index (χ4v) is 5.40. The van der Waals surface area contributed by atoms with Crippen molar-refractivity contribution < 1.29 is 4.52 Å². The summed E-state index contributed by atoms with van der Waals surface area (Å²) in [5.74, 6) is 3.85. The van der Waals surface area contributed by atoms with Gasteiger partial charge in [-0.05, 0) is 65.4 Å². The quantitative estimate of drug-likeness (QED) is 0.888. The summed E-state index contributed by atoms with van der Waals surface area (Å²) >= 11 is 6.44. The lowest BCUT2D eigenvalue weighted by molar-refractivity contribution is 0.383. The highest BCUT2D eigenvalue weighted by Crippen LogP contribution is 2.53. The number of halogens is 1. The van der Waals surface area contributed by atoms with Crippen LogP contribution in [0, 0.1) is 11.8 Å². The lowest BCUT2D eigenvalue weighted by atomic mass is 9.83. The Morgan fingerprint density at radius 3 is 2.81 bits per heavy atom. The number of anilines is 1. The second-order valence-electron chi connectivity index (χ2n) is 8.08. The number of fused-ring (bicyclic) bond motifs is 2. The number of hydrogen-bond donors (Lipinski definition) is 1. The van der Waals surface area contributed by atoms with Crippen molar-refractivity contribution in [2.75, 3.05) is 31.1 Å². The third kappa shape index (κ3) is 3.23. The van der Waals surface area contributed by atoms with E-state index < -0.39 is 0 Å². The Balaban J connectivity index is 1.33. The largest absolute Gasteiger partial charge is 0.337 e. The molecule has 1 aromatic carbocycles. The molecule has 26 heavy (non-hydrogen) atoms. The number of piperazine rings is 1. The van der Waals surface area contributed by atoms with E-state index in [9.17, 15) is 0 Å². The average molecular weight is 373 g/mol. The average Bonchev–Trinajstić information content (AvgIpc) is 3.39. The van der Waals surface area contributed by atoms with Gasteiger partial charge in [0.15, 0.2) is 0 Å². The number of nitrogens with one attached hydrogen (secondary N) is 1. The first-order chi connectivity index (χ1) is 12.7. The first kappa shape index (κ1) is 16.6. The van der Waals surface area contributed by atoms with Gasteiger partial charge in [0.25, 0.3) is 5.95 Å². The Morgan fingerprint density at radius 2 is 2.04 bits per heavy atom. The van der Waals surface area contributed by atoms with Crippen molar-refractivity contribution in [3.63, 3.8) is 0 Å². The van der Waals surface area contributed by atoms with Crippen LogP contribution in [0.15, 0.2) is 22.7 Å². The Bertz CT molecular complexity index is 786. The second-order valence-corrected chi connectivity index (χ2v) is 8.51. The van der Waals surface area contributed by atoms with Gasteiger partial charge in [0.2, 0.25) is 5.89 Å². The van der Waals surface area contributed by atoms with E-state index >= 15 is 0 Å². The third-order valence-corrected chi connectivity index (χ3v) is 6.58. The Morgan fingerprint density at radius 1 is 1.15 bits per heavy atom. The fourth-order valence-electron chi connectivity index (χ4n) is 5.13. The molecule has 1 saturated heterocycles. The zero-order valence-electron chi connectivity index (χ0n) is 15.0. The summed E-state index contributed by atoms with van der Waals surface area (Å²) in [5, 5.41) is 8.33. The van der Waals surface area contributed by atoms with Crippen LogP contribution in [0.3, 0.4) is 0 Å². The molecular formula is C20H25ClN4O. The van der Waals surface area contributed by atoms with Crippen molar-refractivity contribution in [1.29, 1.82) is 0 Å². The van der Waals surface area contributed by atoms with E-state index in [1.165, 1.54) is 36.8 Å². The predicted octanol–water partition coefficient (Wildman–Crippen LogP) is 3.63. The fraction of sp³-hybridized carbons (Fsp3) is 0.600. The highest BCUT2D eigenvalue weighted by atomic mass is 35.5. The summed E-state index contributed by atoms with van der Waals surface area (Å²) in [6.45, 7) is 3.77. The molecule has 5 nitrogen and oxygen atoms in total. The first-order valence-electron chi connectivity index (χ1n) is 9.82. The van der Waals surface area contributed by atoms with E-state index in [2.05, 4.69) is 32.5 Å². The molecule has 0 amide bonds. The molecule has 6 heteroatoms. The van der Waals surface area contributed by atoms with Gasteiger partial charge < -0.3 is 14.7 Å². The summed E-state index contributed by atoms with van der Waals surface area (Å²) in [6, 6.07) is 6.51. The van der Waals surface area contributed by atoms with E-state index in [0.29, 0.717) is 24.2 Å². The van der Waals surface area contributed by atoms with Crippen LogP contribution in [-0.2, 0) is 6.42 Å². The van der Waals surface area contributed by atoms with Gasteiger partial charge in [-0.1, -0.05) is 24.1 Å². The lowest BCUT2D eigenvalue weighted by Crippen LogP contribution is -2.44. The normalized spacial score (nSPS) is 28.0. The molecule has 0 spiro atoms. The molecule has 0 radical (unpaired) electrons. The smallest absolute Gasteiger partial charge is 0.266 e. The molecule has 2 saturated carbocycles. The monoisotopic (exact) mass is 372 g/mol. The molecule has 5 rings (SSSR count). The van der Waals surface area contributed by atoms with Gasteiger partial charge in [0.1, 0.15) is 0 Å². The van der Waals surface area contributed by atoms with Crippen LogP contribution in [0.1, 0.15) is 48.6 Å². The SMILES string of the molecule is Clc1cc(Cc2nc(N3CCNCC3)no2)cc(C2C[C@@H]3CC[C@H]2C3)c1. The van der Waals surface area contributed by atoms with Gasteiger partial charge >= 0.3 is 0 Å². The summed E-state index contributed by atoms with van der Waals surface area (Å²) in [4.78, 5) is 6.77. The Labute approximate surface area is 159 Å². The molecule has 3 aliphatic rings. The Hall–Kier alpha value is -1.59. The maximum absolute atomic E-state index is 6.44. The van der Waals surface area contributed by atoms with Crippen molar-refractivity contribution in [1.82, 2.24) is 15.5 Å². The molecule has 3 atom stereocenters. The summed E-state index contributed by atoms with van der Waals surface area (Å²) in [7, 11) is 0. The Kier molecular flexibility index (Phi) is 4.37. The van der Waals surface area contributed by atoms with Crippen molar-refractivity contribution in [2.45, 2.75) is 38.0 Å². The van der Waals surface area contributed by atoms with Gasteiger partial charge in [-0.3, -0.25) is 0 Å². The summed E-state index contributed by atoms with van der Waals surface area (Å²) < 4.78 is 5.51. The standard InChI is InChI=1S/C20H25ClN4O/c21-17-9-14(8-16(12-17)18-10-13-1-2-15(18)7-13)11-19-23-20(24-26-19)25-5-3-22-4-6-25/h8-9,12-13,15,18,22H,1-7,10-11H2/t13-,15+,18?/m1/s1. The van der Waals surface area contributed by atoms with Gasteiger partial charge in [0.05, 0.1) is 6.42 Å². The van der Waals surface area contributed by atoms with Crippen molar-refractivity contribution in [3.05, 3.63) is 40.2 Å². The highest BCUT2D eigenvalue weighted by Gasteiger charge is 2.40. The van der Waals surface area contributed by atoms with E-state index in [1.807, 2.05) is 6.07 Å². The van der Waals surface area contributed by atoms with Crippen LogP contribution in [0.5, 0.6) is 0 Å². The topological polar surface area (TPSA) is 54.2 Å². The molecule has 2 aliphatic carbocycles. The first-order valence-corrected chi connectivity index (χ1v) is 10.2. The molecular weight excluding hydrogens is 348 g/mol. The molecule has 138 valence electrons. The zero-order valence-corrected chi connectivity index (χ0v) is 15.7. The van der Waals surface area contributed by atoms with Gasteiger partial charge in [-0.25, -0.2) is 0 Å². The number of rotatable bonds is 4. The van der Waals surface area contributed by atoms with E-state index in [4.69, 9.17) is 16.1 Å². The van der Waals surface area contributed by atoms with Crippen LogP contribution in [-0.4, -0.2) is 36.3 Å². The maximum Gasteiger partial charge on any atom is 0.266 e. The van der Waals surface area contributed by atoms with Gasteiger partial charge in [-0.2, -0.15) is 4.98 Å². The van der Waals surface area contributed by atoms with Crippen LogP contribution in [0.25, 0.3) is 0 Å². The molecule has 1 aromatic heterocycles. The molecule has 2 heterocycles. The second kappa shape index (κ2) is 6.86. The van der Waals surface area contributed by atoms with E-state index in [-0.39, 0.29) is 0 Å². The minimum absolute atomic E-state index is 0.646. The number of hydrogen-bond acceptors (Lipinski definition) is 5. The summed E-state index contributed by atoms with van der Waals surface area (Å²) in [6.07, 6.45) is 6.19. The molecule has 1 aliphatic heterocycles. The molecule has 2 bridgehead atoms. The van der Waals surface area contributed by atoms with Crippen LogP contribution in [0.4, 0.5) is 5.95 Å². The van der Waals surface area contributed by atoms with Crippen LogP contribution >= 0.6 is 11.6 Å². The molecule has 1 N–H and O–H groups in total. The highest BCUT2D eigenvalue weighted by molar-refractivity contribution is 6.30. The van der Waals surface area contributed by atoms with Crippen molar-refractivity contribution in [2.24, 2.45) is 11.8 Å². The minimum Gasteiger partial charge on any atom is -0.337 e. The molecule has 2 aromatic rings. The van der Waals surface area contributed by atoms with Crippen molar-refractivity contribution in [3.8, 4) is 0 Å². The van der Waals surface area contributed by atoms with Crippen LogP contribution < -0.4 is 10.2 Å². The lowest BCUT2D eigenvalue weighted by Gasteiger charge is -2.25. The number of benzene rings is 1. The van der Waals surface area contributed by atoms with E-state index in [1.54, 1.807) is 0 Å². The van der Waals surface area contributed by atoms with Crippen molar-refractivity contribution >= 4 is 17.5 Å². The maximum atomic E-state index is 6.44. The number of aromatic nitrogens is 2. The molecule has 3 fully saturated rings. The predicted molar refractivity (Wildman–Crippen MR) is 102 cm³/mol. The third-order valence-electron chi connectivity index (χ3n) is 6.36. The minimum atomic E-state index is 0.646. The molecule has 1 unspecified atom stereocenters. The number of nitrogens with zero attached hydrogens (tertiary/aromatic N) is 3. The van der Waals surface area contributed by atoms with Gasteiger partial charge in [0, 0.05) is 31.2 Å². The van der Waals surface area contributed by atoms with E-state index in [0.717, 1.165) is 43.0 Å². The van der Waals surface area contributed by atoms with Crippen LogP contribution in [0.2, 0.25) is 5.02 Å².